The van der Waals surface area contributed by atoms with Crippen LogP contribution in [0.1, 0.15) is 16.7 Å². The number of aryl methyl sites for hydroxylation is 3. The van der Waals surface area contributed by atoms with E-state index < -0.39 is 6.36 Å². The first kappa shape index (κ1) is 14.2. The van der Waals surface area contributed by atoms with Crippen molar-refractivity contribution in [2.75, 3.05) is 0 Å². The molecule has 0 aliphatic rings. The van der Waals surface area contributed by atoms with Gasteiger partial charge in [-0.2, -0.15) is 0 Å². The molecule has 0 fully saturated rings. The van der Waals surface area contributed by atoms with Gasteiger partial charge in [0, 0.05) is 15.5 Å². The zero-order valence-corrected chi connectivity index (χ0v) is 12.6. The number of hydrogen-bond acceptors (Lipinski definition) is 2. The van der Waals surface area contributed by atoms with Gasteiger partial charge in [0.15, 0.2) is 0 Å². The van der Waals surface area contributed by atoms with Gasteiger partial charge in [-0.15, -0.1) is 24.5 Å². The van der Waals surface area contributed by atoms with E-state index in [1.165, 1.54) is 11.3 Å². The first-order chi connectivity index (χ1) is 9.78. The molecule has 0 N–H and O–H groups in total. The summed E-state index contributed by atoms with van der Waals surface area (Å²) in [7, 11) is 0. The van der Waals surface area contributed by atoms with Gasteiger partial charge in [0.05, 0.1) is 4.70 Å². The van der Waals surface area contributed by atoms with Crippen LogP contribution in [-0.4, -0.2) is 6.36 Å². The largest absolute Gasteiger partial charge is 0.573 e. The molecule has 0 radical (unpaired) electrons. The molecule has 0 unspecified atom stereocenters. The number of halogens is 3. The SMILES string of the molecule is Cc1ccc2c(sc3c(OC(F)(F)F)c(C)ccc32)c1C. The quantitative estimate of drug-likeness (QED) is 0.545. The maximum atomic E-state index is 12.6. The average molecular weight is 310 g/mol. The van der Waals surface area contributed by atoms with E-state index in [0.29, 0.717) is 10.3 Å². The third-order valence-electron chi connectivity index (χ3n) is 3.70. The molecule has 5 heteroatoms. The van der Waals surface area contributed by atoms with Crippen LogP contribution in [0.2, 0.25) is 0 Å². The smallest absolute Gasteiger partial charge is 0.404 e. The highest BCUT2D eigenvalue weighted by molar-refractivity contribution is 7.26. The number of benzene rings is 2. The second-order valence-corrected chi connectivity index (χ2v) is 6.14. The lowest BCUT2D eigenvalue weighted by Crippen LogP contribution is -2.17. The molecule has 1 heterocycles. The van der Waals surface area contributed by atoms with Crippen LogP contribution in [0.5, 0.6) is 5.75 Å². The van der Waals surface area contributed by atoms with Crippen LogP contribution in [0.15, 0.2) is 24.3 Å². The van der Waals surface area contributed by atoms with E-state index in [2.05, 4.69) is 4.74 Å². The summed E-state index contributed by atoms with van der Waals surface area (Å²) in [6.45, 7) is 5.62. The van der Waals surface area contributed by atoms with Crippen molar-refractivity contribution >= 4 is 31.5 Å². The van der Waals surface area contributed by atoms with Crippen LogP contribution in [0.4, 0.5) is 13.2 Å². The Kier molecular flexibility index (Phi) is 3.13. The number of ether oxygens (including phenoxy) is 1. The van der Waals surface area contributed by atoms with E-state index in [4.69, 9.17) is 0 Å². The van der Waals surface area contributed by atoms with E-state index >= 15 is 0 Å². The molecule has 3 rings (SSSR count). The zero-order chi connectivity index (χ0) is 15.4. The topological polar surface area (TPSA) is 9.23 Å². The Bertz CT molecular complexity index is 846. The molecule has 0 saturated carbocycles. The Morgan fingerprint density at radius 3 is 2.05 bits per heavy atom. The first-order valence-electron chi connectivity index (χ1n) is 6.45. The van der Waals surface area contributed by atoms with Gasteiger partial charge in [0.2, 0.25) is 0 Å². The summed E-state index contributed by atoms with van der Waals surface area (Å²) in [5, 5.41) is 1.79. The normalized spacial score (nSPS) is 12.3. The summed E-state index contributed by atoms with van der Waals surface area (Å²) in [5.41, 5.74) is 2.72. The van der Waals surface area contributed by atoms with Crippen molar-refractivity contribution in [3.63, 3.8) is 0 Å². The third-order valence-corrected chi connectivity index (χ3v) is 5.04. The Morgan fingerprint density at radius 2 is 1.43 bits per heavy atom. The molecule has 0 aliphatic carbocycles. The summed E-state index contributed by atoms with van der Waals surface area (Å²) in [4.78, 5) is 0. The monoisotopic (exact) mass is 310 g/mol. The standard InChI is InChI=1S/C16H13F3OS/c1-8-4-6-11-12-7-5-9(2)13(20-16(17,18)19)15(12)21-14(11)10(8)3/h4-7H,1-3H3. The van der Waals surface area contributed by atoms with Crippen molar-refractivity contribution in [1.82, 2.24) is 0 Å². The fourth-order valence-corrected chi connectivity index (χ4v) is 3.84. The maximum absolute atomic E-state index is 12.6. The molecule has 3 aromatic rings. The van der Waals surface area contributed by atoms with E-state index in [0.717, 1.165) is 26.6 Å². The average Bonchev–Trinajstić information content (AvgIpc) is 2.76. The number of hydrogen-bond donors (Lipinski definition) is 0. The first-order valence-corrected chi connectivity index (χ1v) is 7.27. The van der Waals surface area contributed by atoms with E-state index in [1.807, 2.05) is 32.0 Å². The predicted molar refractivity (Wildman–Crippen MR) is 80.2 cm³/mol. The van der Waals surface area contributed by atoms with Crippen molar-refractivity contribution in [1.29, 1.82) is 0 Å². The summed E-state index contributed by atoms with van der Waals surface area (Å²) < 4.78 is 43.7. The second-order valence-electron chi connectivity index (χ2n) is 5.12. The van der Waals surface area contributed by atoms with Gasteiger partial charge in [-0.1, -0.05) is 24.3 Å². The minimum Gasteiger partial charge on any atom is -0.404 e. The fraction of sp³-hybridized carbons (Fsp3) is 0.250. The van der Waals surface area contributed by atoms with Crippen LogP contribution in [-0.2, 0) is 0 Å². The highest BCUT2D eigenvalue weighted by atomic mass is 32.1. The molecule has 0 saturated heterocycles. The molecular formula is C16H13F3OS. The molecule has 110 valence electrons. The van der Waals surface area contributed by atoms with Crippen molar-refractivity contribution in [2.45, 2.75) is 27.1 Å². The number of rotatable bonds is 1. The van der Waals surface area contributed by atoms with Crippen LogP contribution in [0.25, 0.3) is 20.2 Å². The second kappa shape index (κ2) is 4.63. The number of alkyl halides is 3. The zero-order valence-electron chi connectivity index (χ0n) is 11.8. The number of thiophene rings is 1. The van der Waals surface area contributed by atoms with Gasteiger partial charge in [0.1, 0.15) is 5.75 Å². The third kappa shape index (κ3) is 2.35. The molecule has 21 heavy (non-hydrogen) atoms. The molecule has 0 spiro atoms. The van der Waals surface area contributed by atoms with E-state index in [-0.39, 0.29) is 5.75 Å². The maximum Gasteiger partial charge on any atom is 0.573 e. The lowest BCUT2D eigenvalue weighted by molar-refractivity contribution is -0.274. The predicted octanol–water partition coefficient (Wildman–Crippen LogP) is 5.88. The molecule has 0 amide bonds. The molecule has 0 bridgehead atoms. The number of fused-ring (bicyclic) bond motifs is 3. The van der Waals surface area contributed by atoms with Gasteiger partial charge in [-0.05, 0) is 37.5 Å². The van der Waals surface area contributed by atoms with Gasteiger partial charge in [0.25, 0.3) is 0 Å². The summed E-state index contributed by atoms with van der Waals surface area (Å²) in [6.07, 6.45) is -4.68. The van der Waals surface area contributed by atoms with Gasteiger partial charge >= 0.3 is 6.36 Å². The van der Waals surface area contributed by atoms with Crippen molar-refractivity contribution < 1.29 is 17.9 Å². The Hall–Kier alpha value is -1.75. The Balaban J connectivity index is 2.38. The molecule has 0 aliphatic heterocycles. The molecule has 2 aromatic carbocycles. The molecule has 1 aromatic heterocycles. The highest BCUT2D eigenvalue weighted by Crippen LogP contribution is 2.44. The minimum atomic E-state index is -4.68. The molecule has 1 nitrogen and oxygen atoms in total. The summed E-state index contributed by atoms with van der Waals surface area (Å²) >= 11 is 1.36. The van der Waals surface area contributed by atoms with Gasteiger partial charge in [-0.3, -0.25) is 0 Å². The Labute approximate surface area is 124 Å². The van der Waals surface area contributed by atoms with Crippen molar-refractivity contribution in [3.8, 4) is 5.75 Å². The van der Waals surface area contributed by atoms with Crippen LogP contribution in [0.3, 0.4) is 0 Å². The van der Waals surface area contributed by atoms with Crippen molar-refractivity contribution in [3.05, 3.63) is 41.0 Å². The summed E-state index contributed by atoms with van der Waals surface area (Å²) in [5.74, 6) is -0.0850. The lowest BCUT2D eigenvalue weighted by Gasteiger charge is -2.12. The molecule has 0 atom stereocenters. The molecular weight excluding hydrogens is 297 g/mol. The van der Waals surface area contributed by atoms with Crippen LogP contribution < -0.4 is 4.74 Å². The van der Waals surface area contributed by atoms with Gasteiger partial charge in [-0.25, -0.2) is 0 Å². The minimum absolute atomic E-state index is 0.0850. The van der Waals surface area contributed by atoms with E-state index in [1.54, 1.807) is 13.0 Å². The lowest BCUT2D eigenvalue weighted by atomic mass is 10.0. The van der Waals surface area contributed by atoms with Crippen LogP contribution in [0, 0.1) is 20.8 Å². The van der Waals surface area contributed by atoms with Gasteiger partial charge < -0.3 is 4.74 Å². The van der Waals surface area contributed by atoms with Crippen molar-refractivity contribution in [2.24, 2.45) is 0 Å². The fourth-order valence-electron chi connectivity index (χ4n) is 2.45. The summed E-state index contributed by atoms with van der Waals surface area (Å²) in [6, 6.07) is 7.49. The Morgan fingerprint density at radius 1 is 0.857 bits per heavy atom. The van der Waals surface area contributed by atoms with Crippen LogP contribution >= 0.6 is 11.3 Å². The van der Waals surface area contributed by atoms with E-state index in [9.17, 15) is 13.2 Å². The highest BCUT2D eigenvalue weighted by Gasteiger charge is 2.33.